The van der Waals surface area contributed by atoms with Crippen molar-refractivity contribution in [3.63, 3.8) is 0 Å². The lowest BCUT2D eigenvalue weighted by Crippen LogP contribution is -1.98. The smallest absolute Gasteiger partial charge is 0.187 e. The van der Waals surface area contributed by atoms with E-state index in [1.807, 2.05) is 0 Å². The first-order chi connectivity index (χ1) is 6.02. The van der Waals surface area contributed by atoms with Crippen molar-refractivity contribution in [1.29, 1.82) is 0 Å². The molecule has 0 amide bonds. The van der Waals surface area contributed by atoms with Crippen LogP contribution in [0.4, 0.5) is 0 Å². The summed E-state index contributed by atoms with van der Waals surface area (Å²) in [4.78, 5) is -0.0349. The molecule has 0 bridgehead atoms. The molecule has 0 fully saturated rings. The fraction of sp³-hybridized carbons (Fsp3) is 0.143. The molecule has 0 saturated heterocycles. The SMILES string of the molecule is Cc1ccc(S(=O)O)c(S(=O)O)c1. The summed E-state index contributed by atoms with van der Waals surface area (Å²) in [6.07, 6.45) is 0. The van der Waals surface area contributed by atoms with Crippen LogP contribution in [0.25, 0.3) is 0 Å². The maximum atomic E-state index is 10.7. The topological polar surface area (TPSA) is 74.6 Å². The second-order valence-corrected chi connectivity index (χ2v) is 4.32. The number of aryl methyl sites for hydroxylation is 1. The van der Waals surface area contributed by atoms with Gasteiger partial charge >= 0.3 is 0 Å². The fourth-order valence-electron chi connectivity index (χ4n) is 0.896. The molecule has 1 aromatic rings. The molecule has 13 heavy (non-hydrogen) atoms. The quantitative estimate of drug-likeness (QED) is 0.733. The van der Waals surface area contributed by atoms with E-state index in [1.165, 1.54) is 12.1 Å². The summed E-state index contributed by atoms with van der Waals surface area (Å²) >= 11 is -4.45. The minimum atomic E-state index is -2.22. The van der Waals surface area contributed by atoms with Crippen molar-refractivity contribution < 1.29 is 17.5 Å². The van der Waals surface area contributed by atoms with Crippen molar-refractivity contribution in [1.82, 2.24) is 0 Å². The molecule has 0 saturated carbocycles. The molecule has 1 aromatic carbocycles. The zero-order valence-electron chi connectivity index (χ0n) is 6.76. The third-order valence-corrected chi connectivity index (χ3v) is 3.05. The van der Waals surface area contributed by atoms with Gasteiger partial charge in [0.05, 0.1) is 9.79 Å². The lowest BCUT2D eigenvalue weighted by Gasteiger charge is -2.02. The van der Waals surface area contributed by atoms with Crippen molar-refractivity contribution in [2.45, 2.75) is 16.7 Å². The molecule has 2 N–H and O–H groups in total. The van der Waals surface area contributed by atoms with Gasteiger partial charge in [-0.15, -0.1) is 0 Å². The molecule has 2 unspecified atom stereocenters. The summed E-state index contributed by atoms with van der Waals surface area (Å²) in [7, 11) is 0. The Morgan fingerprint density at radius 3 is 2.08 bits per heavy atom. The molecule has 0 heterocycles. The van der Waals surface area contributed by atoms with Crippen molar-refractivity contribution in [2.24, 2.45) is 0 Å². The highest BCUT2D eigenvalue weighted by molar-refractivity contribution is 7.82. The fourth-order valence-corrected chi connectivity index (χ4v) is 2.27. The first-order valence-electron chi connectivity index (χ1n) is 3.34. The van der Waals surface area contributed by atoms with Gasteiger partial charge in [-0.1, -0.05) is 6.07 Å². The molecule has 0 aliphatic rings. The van der Waals surface area contributed by atoms with Crippen LogP contribution in [0.5, 0.6) is 0 Å². The minimum absolute atomic E-state index is 0.0131. The molecule has 0 spiro atoms. The Hall–Kier alpha value is -0.560. The average molecular weight is 220 g/mol. The van der Waals surface area contributed by atoms with Gasteiger partial charge in [0.25, 0.3) is 0 Å². The van der Waals surface area contributed by atoms with Crippen LogP contribution in [0.2, 0.25) is 0 Å². The van der Waals surface area contributed by atoms with Gasteiger partial charge in [-0.3, -0.25) is 0 Å². The van der Waals surface area contributed by atoms with E-state index in [2.05, 4.69) is 0 Å². The standard InChI is InChI=1S/C7H8O4S2/c1-5-2-3-6(12(8)9)7(4-5)13(10)11/h2-4H,1H3,(H,8,9)(H,10,11). The summed E-state index contributed by atoms with van der Waals surface area (Å²) < 4.78 is 39.0. The van der Waals surface area contributed by atoms with Crippen LogP contribution in [0.15, 0.2) is 28.0 Å². The minimum Gasteiger partial charge on any atom is -0.302 e. The highest BCUT2D eigenvalue weighted by atomic mass is 32.2. The molecular weight excluding hydrogens is 212 g/mol. The molecular formula is C7H8O4S2. The average Bonchev–Trinajstić information content (AvgIpc) is 2.03. The van der Waals surface area contributed by atoms with Gasteiger partial charge in [0.2, 0.25) is 0 Å². The largest absolute Gasteiger partial charge is 0.302 e. The summed E-state index contributed by atoms with van der Waals surface area (Å²) in [5, 5.41) is 0. The van der Waals surface area contributed by atoms with Crippen LogP contribution in [0, 0.1) is 6.92 Å². The van der Waals surface area contributed by atoms with Crippen LogP contribution in [-0.2, 0) is 22.2 Å². The van der Waals surface area contributed by atoms with E-state index in [0.29, 0.717) is 0 Å². The van der Waals surface area contributed by atoms with Crippen molar-refractivity contribution >= 4 is 22.2 Å². The molecule has 0 aromatic heterocycles. The van der Waals surface area contributed by atoms with Gasteiger partial charge in [0.15, 0.2) is 22.2 Å². The third-order valence-electron chi connectivity index (χ3n) is 1.48. The van der Waals surface area contributed by atoms with E-state index >= 15 is 0 Å². The molecule has 72 valence electrons. The van der Waals surface area contributed by atoms with Crippen molar-refractivity contribution in [3.05, 3.63) is 23.8 Å². The zero-order chi connectivity index (χ0) is 10.0. The first-order valence-corrected chi connectivity index (χ1v) is 5.56. The van der Waals surface area contributed by atoms with E-state index < -0.39 is 22.2 Å². The normalized spacial score (nSPS) is 15.3. The van der Waals surface area contributed by atoms with Gasteiger partial charge in [0, 0.05) is 0 Å². The third kappa shape index (κ3) is 2.44. The lowest BCUT2D eigenvalue weighted by atomic mass is 10.2. The zero-order valence-corrected chi connectivity index (χ0v) is 8.39. The number of rotatable bonds is 2. The van der Waals surface area contributed by atoms with Crippen molar-refractivity contribution in [2.75, 3.05) is 0 Å². The maximum absolute atomic E-state index is 10.7. The van der Waals surface area contributed by atoms with Crippen LogP contribution < -0.4 is 0 Å². The predicted octanol–water partition coefficient (Wildman–Crippen LogP) is 1.16. The molecule has 0 aliphatic heterocycles. The van der Waals surface area contributed by atoms with E-state index in [9.17, 15) is 8.42 Å². The number of benzene rings is 1. The summed E-state index contributed by atoms with van der Waals surface area (Å²) in [6.45, 7) is 1.74. The Bertz CT molecular complexity index is 375. The Labute approximate surface area is 80.6 Å². The van der Waals surface area contributed by atoms with Crippen molar-refractivity contribution in [3.8, 4) is 0 Å². The molecule has 0 aliphatic carbocycles. The van der Waals surface area contributed by atoms with E-state index in [4.69, 9.17) is 9.11 Å². The van der Waals surface area contributed by atoms with E-state index in [-0.39, 0.29) is 9.79 Å². The Balaban J connectivity index is 3.35. The Morgan fingerprint density at radius 1 is 1.08 bits per heavy atom. The van der Waals surface area contributed by atoms with Gasteiger partial charge in [-0.25, -0.2) is 8.42 Å². The highest BCUT2D eigenvalue weighted by Gasteiger charge is 2.12. The first kappa shape index (κ1) is 10.5. The molecule has 4 nitrogen and oxygen atoms in total. The summed E-state index contributed by atoms with van der Waals surface area (Å²) in [5.74, 6) is 0. The van der Waals surface area contributed by atoms with E-state index in [0.717, 1.165) is 5.56 Å². The monoisotopic (exact) mass is 220 g/mol. The molecule has 1 rings (SSSR count). The summed E-state index contributed by atoms with van der Waals surface area (Å²) in [5.41, 5.74) is 0.770. The van der Waals surface area contributed by atoms with E-state index in [1.54, 1.807) is 13.0 Å². The Morgan fingerprint density at radius 2 is 1.62 bits per heavy atom. The summed E-state index contributed by atoms with van der Waals surface area (Å²) in [6, 6.07) is 4.40. The predicted molar refractivity (Wildman–Crippen MR) is 49.3 cm³/mol. The van der Waals surface area contributed by atoms with Crippen LogP contribution in [0.3, 0.4) is 0 Å². The second kappa shape index (κ2) is 4.10. The Kier molecular flexibility index (Phi) is 3.32. The van der Waals surface area contributed by atoms with Crippen LogP contribution >= 0.6 is 0 Å². The number of hydrogen-bond acceptors (Lipinski definition) is 2. The number of hydrogen-bond donors (Lipinski definition) is 2. The van der Waals surface area contributed by atoms with Crippen LogP contribution in [0.1, 0.15) is 5.56 Å². The second-order valence-electron chi connectivity index (χ2n) is 2.45. The molecule has 2 atom stereocenters. The van der Waals surface area contributed by atoms with Gasteiger partial charge < -0.3 is 9.11 Å². The lowest BCUT2D eigenvalue weighted by molar-refractivity contribution is 0.549. The molecule has 6 heteroatoms. The van der Waals surface area contributed by atoms with Crippen LogP contribution in [-0.4, -0.2) is 17.5 Å². The highest BCUT2D eigenvalue weighted by Crippen LogP contribution is 2.17. The molecule has 0 radical (unpaired) electrons. The maximum Gasteiger partial charge on any atom is 0.187 e. The van der Waals surface area contributed by atoms with Gasteiger partial charge in [-0.05, 0) is 24.6 Å². The van der Waals surface area contributed by atoms with Gasteiger partial charge in [0.1, 0.15) is 0 Å². The van der Waals surface area contributed by atoms with Gasteiger partial charge in [-0.2, -0.15) is 0 Å².